The minimum absolute atomic E-state index is 0.318. The summed E-state index contributed by atoms with van der Waals surface area (Å²) in [6.07, 6.45) is 0.944. The van der Waals surface area contributed by atoms with Crippen LogP contribution in [0, 0.1) is 0 Å². The maximum Gasteiger partial charge on any atom is 0.694 e. The molecule has 0 rings (SSSR count). The smallest absolute Gasteiger partial charge is 0.133 e. The molecule has 8 heteroatoms. The largest absolute Gasteiger partial charge is 0.694 e. The van der Waals surface area contributed by atoms with Gasteiger partial charge in [-0.25, -0.2) is 0 Å². The molecule has 0 radical (unpaired) electrons. The van der Waals surface area contributed by atoms with Crippen LogP contribution in [0.25, 0.3) is 0 Å². The van der Waals surface area contributed by atoms with Crippen molar-refractivity contribution in [1.29, 1.82) is 0 Å². The van der Waals surface area contributed by atoms with Gasteiger partial charge in [0.05, 0.1) is 0 Å². The first kappa shape index (κ1) is 15.0. The summed E-state index contributed by atoms with van der Waals surface area (Å²) in [5.41, 5.74) is 0. The van der Waals surface area contributed by atoms with E-state index in [1.165, 1.54) is 0 Å². The molecule has 0 aliphatic heterocycles. The minimum Gasteiger partial charge on any atom is -0.133 e. The van der Waals surface area contributed by atoms with E-state index in [4.69, 9.17) is 14.3 Å². The quantitative estimate of drug-likeness (QED) is 0.648. The predicted octanol–water partition coefficient (Wildman–Crippen LogP) is 2.27. The molecule has 0 aromatic carbocycles. The first-order valence-electron chi connectivity index (χ1n) is 4.61. The fourth-order valence-electron chi connectivity index (χ4n) is 1.09. The average Bonchev–Trinajstić information content (AvgIpc) is 2.10. The molecular formula is C7H16O6P2+2. The van der Waals surface area contributed by atoms with Crippen LogP contribution in [-0.4, -0.2) is 22.0 Å². The van der Waals surface area contributed by atoms with Crippen molar-refractivity contribution in [1.82, 2.24) is 0 Å². The third-order valence-corrected chi connectivity index (χ3v) is 2.88. The Morgan fingerprint density at radius 3 is 2.07 bits per heavy atom. The van der Waals surface area contributed by atoms with E-state index in [1.807, 2.05) is 6.92 Å². The molecule has 0 saturated heterocycles. The maximum absolute atomic E-state index is 10.4. The Morgan fingerprint density at radius 2 is 1.67 bits per heavy atom. The molecule has 3 unspecified atom stereocenters. The minimum atomic E-state index is -2.59. The molecule has 0 spiro atoms. The van der Waals surface area contributed by atoms with Crippen LogP contribution in [0.5, 0.6) is 0 Å². The second kappa shape index (κ2) is 8.22. The predicted molar refractivity (Wildman–Crippen MR) is 54.6 cm³/mol. The van der Waals surface area contributed by atoms with Gasteiger partial charge in [-0.2, -0.15) is 0 Å². The third kappa shape index (κ3) is 9.00. The van der Waals surface area contributed by atoms with Gasteiger partial charge in [-0.15, -0.1) is 18.8 Å². The number of hydrogen-bond acceptors (Lipinski definition) is 4. The Hall–Kier alpha value is 0.0400. The summed E-state index contributed by atoms with van der Waals surface area (Å²) in [6.45, 7) is 3.50. The summed E-state index contributed by atoms with van der Waals surface area (Å²) in [5.74, 6) is 0. The van der Waals surface area contributed by atoms with E-state index in [0.717, 1.165) is 0 Å². The summed E-state index contributed by atoms with van der Waals surface area (Å²) in [6, 6.07) is 0. The van der Waals surface area contributed by atoms with Crippen molar-refractivity contribution in [3.63, 3.8) is 0 Å². The van der Waals surface area contributed by atoms with Gasteiger partial charge >= 0.3 is 16.5 Å². The van der Waals surface area contributed by atoms with Gasteiger partial charge in [-0.1, -0.05) is 6.92 Å². The molecule has 0 aromatic heterocycles. The highest BCUT2D eigenvalue weighted by molar-refractivity contribution is 7.32. The van der Waals surface area contributed by atoms with Gasteiger partial charge in [0.1, 0.15) is 12.2 Å². The van der Waals surface area contributed by atoms with E-state index < -0.39 is 16.5 Å². The lowest BCUT2D eigenvalue weighted by Gasteiger charge is -2.08. The molecule has 0 aromatic rings. The van der Waals surface area contributed by atoms with E-state index in [0.29, 0.717) is 19.3 Å². The molecule has 15 heavy (non-hydrogen) atoms. The van der Waals surface area contributed by atoms with Crippen LogP contribution in [0.15, 0.2) is 0 Å². The second-order valence-electron chi connectivity index (χ2n) is 3.10. The average molecular weight is 258 g/mol. The standard InChI is InChI=1S/C7H14O6P2/c1-3-7(13-15(10)11)5-4-6(2)12-14(8)9/h6-7H,3-5H2,1-2H3/p+2/t6-,7?/m0/s1. The van der Waals surface area contributed by atoms with Crippen molar-refractivity contribution >= 4 is 16.5 Å². The highest BCUT2D eigenvalue weighted by atomic mass is 31.1. The van der Waals surface area contributed by atoms with E-state index in [2.05, 4.69) is 4.52 Å². The zero-order chi connectivity index (χ0) is 11.8. The molecule has 0 amide bonds. The second-order valence-corrected chi connectivity index (χ2v) is 4.48. The number of hydrogen-bond donors (Lipinski definition) is 2. The summed E-state index contributed by atoms with van der Waals surface area (Å²) in [4.78, 5) is 17.0. The SMILES string of the molecule is CCC(CC[C@H](C)O[P+](=O)O)O[P+](=O)O. The van der Waals surface area contributed by atoms with Crippen LogP contribution in [0.1, 0.15) is 33.1 Å². The zero-order valence-corrected chi connectivity index (χ0v) is 10.5. The molecular weight excluding hydrogens is 242 g/mol. The Labute approximate surface area is 90.5 Å². The van der Waals surface area contributed by atoms with Gasteiger partial charge in [0.2, 0.25) is 0 Å². The van der Waals surface area contributed by atoms with E-state index in [-0.39, 0.29) is 12.2 Å². The Kier molecular flexibility index (Phi) is 8.24. The number of rotatable bonds is 8. The van der Waals surface area contributed by atoms with Crippen LogP contribution in [0.4, 0.5) is 0 Å². The highest BCUT2D eigenvalue weighted by Crippen LogP contribution is 2.25. The highest BCUT2D eigenvalue weighted by Gasteiger charge is 2.24. The Bertz CT molecular complexity index is 222. The molecule has 0 saturated carbocycles. The van der Waals surface area contributed by atoms with Gasteiger partial charge in [-0.05, 0) is 26.2 Å². The lowest BCUT2D eigenvalue weighted by atomic mass is 10.1. The third-order valence-electron chi connectivity index (χ3n) is 1.86. The zero-order valence-electron chi connectivity index (χ0n) is 8.70. The van der Waals surface area contributed by atoms with Gasteiger partial charge in [-0.3, -0.25) is 0 Å². The molecule has 0 aliphatic rings. The van der Waals surface area contributed by atoms with Crippen molar-refractivity contribution in [2.75, 3.05) is 0 Å². The van der Waals surface area contributed by atoms with E-state index in [1.54, 1.807) is 6.92 Å². The van der Waals surface area contributed by atoms with Gasteiger partial charge in [0.25, 0.3) is 0 Å². The first-order valence-corrected chi connectivity index (χ1v) is 6.87. The van der Waals surface area contributed by atoms with Crippen LogP contribution < -0.4 is 0 Å². The topological polar surface area (TPSA) is 93.1 Å². The van der Waals surface area contributed by atoms with Crippen LogP contribution >= 0.6 is 16.5 Å². The molecule has 6 nitrogen and oxygen atoms in total. The molecule has 0 bridgehead atoms. The maximum atomic E-state index is 10.4. The van der Waals surface area contributed by atoms with Gasteiger partial charge in [0.15, 0.2) is 0 Å². The van der Waals surface area contributed by atoms with Gasteiger partial charge < -0.3 is 0 Å². The molecule has 0 heterocycles. The molecule has 0 fully saturated rings. The van der Waals surface area contributed by atoms with Crippen molar-refractivity contribution < 1.29 is 28.0 Å². The lowest BCUT2D eigenvalue weighted by molar-refractivity contribution is 0.138. The normalized spacial score (nSPS) is 17.1. The molecule has 0 aliphatic carbocycles. The first-order chi connectivity index (χ1) is 6.95. The van der Waals surface area contributed by atoms with E-state index in [9.17, 15) is 9.13 Å². The fraction of sp³-hybridized carbons (Fsp3) is 1.00. The van der Waals surface area contributed by atoms with Crippen LogP contribution in [0.2, 0.25) is 0 Å². The van der Waals surface area contributed by atoms with Crippen molar-refractivity contribution in [3.8, 4) is 0 Å². The van der Waals surface area contributed by atoms with Crippen molar-refractivity contribution in [2.45, 2.75) is 45.3 Å². The van der Waals surface area contributed by atoms with Crippen molar-refractivity contribution in [3.05, 3.63) is 0 Å². The molecule has 4 atom stereocenters. The Morgan fingerprint density at radius 1 is 1.13 bits per heavy atom. The Balaban J connectivity index is 3.79. The van der Waals surface area contributed by atoms with Crippen LogP contribution in [-0.2, 0) is 18.2 Å². The van der Waals surface area contributed by atoms with Gasteiger partial charge in [0, 0.05) is 9.13 Å². The monoisotopic (exact) mass is 258 g/mol. The molecule has 88 valence electrons. The summed E-state index contributed by atoms with van der Waals surface area (Å²) in [7, 11) is -5.18. The summed E-state index contributed by atoms with van der Waals surface area (Å²) >= 11 is 0. The summed E-state index contributed by atoms with van der Waals surface area (Å²) in [5, 5.41) is 0. The van der Waals surface area contributed by atoms with E-state index >= 15 is 0 Å². The fourth-order valence-corrected chi connectivity index (χ4v) is 2.01. The molecule has 2 N–H and O–H groups in total. The lowest BCUT2D eigenvalue weighted by Crippen LogP contribution is -2.12. The summed E-state index contributed by atoms with van der Waals surface area (Å²) < 4.78 is 30.1. The van der Waals surface area contributed by atoms with Crippen LogP contribution in [0.3, 0.4) is 0 Å². The van der Waals surface area contributed by atoms with Crippen molar-refractivity contribution in [2.24, 2.45) is 0 Å².